The summed E-state index contributed by atoms with van der Waals surface area (Å²) in [7, 11) is 0. The predicted octanol–water partition coefficient (Wildman–Crippen LogP) is 4.29. The summed E-state index contributed by atoms with van der Waals surface area (Å²) in [5.74, 6) is -2.66. The molecule has 0 bridgehead atoms. The van der Waals surface area contributed by atoms with Gasteiger partial charge in [-0.15, -0.1) is 0 Å². The molecule has 0 spiro atoms. The molecule has 0 amide bonds. The van der Waals surface area contributed by atoms with Gasteiger partial charge in [-0.2, -0.15) is 13.2 Å². The Hall–Kier alpha value is -1.52. The summed E-state index contributed by atoms with van der Waals surface area (Å²) < 4.78 is 44.4. The van der Waals surface area contributed by atoms with Crippen LogP contribution in [0.2, 0.25) is 0 Å². The van der Waals surface area contributed by atoms with E-state index < -0.39 is 30.6 Å². The molecule has 0 radical (unpaired) electrons. The zero-order valence-corrected chi connectivity index (χ0v) is 12.0. The molecular weight excluding hydrogens is 269 g/mol. The van der Waals surface area contributed by atoms with E-state index in [1.54, 1.807) is 32.9 Å². The summed E-state index contributed by atoms with van der Waals surface area (Å²) in [6.07, 6.45) is -5.59. The predicted molar refractivity (Wildman–Crippen MR) is 70.6 cm³/mol. The standard InChI is InChI=1S/C15H19F3O2/c1-9(2)20-14(19)8-13(15(16,17)18)12-6-5-10(3)7-11(12)4/h5-7,9,13H,8H2,1-4H3/t13-/m0/s1. The second kappa shape index (κ2) is 6.29. The molecule has 20 heavy (non-hydrogen) atoms. The number of alkyl halides is 3. The fourth-order valence-electron chi connectivity index (χ4n) is 2.10. The minimum absolute atomic E-state index is 0.129. The van der Waals surface area contributed by atoms with Gasteiger partial charge in [-0.25, -0.2) is 0 Å². The Balaban J connectivity index is 3.04. The maximum Gasteiger partial charge on any atom is 0.396 e. The van der Waals surface area contributed by atoms with Gasteiger partial charge >= 0.3 is 12.1 Å². The largest absolute Gasteiger partial charge is 0.463 e. The number of hydrogen-bond donors (Lipinski definition) is 0. The first-order chi connectivity index (χ1) is 9.11. The summed E-state index contributed by atoms with van der Waals surface area (Å²) in [5.41, 5.74) is 1.55. The van der Waals surface area contributed by atoms with E-state index in [1.807, 2.05) is 6.92 Å². The van der Waals surface area contributed by atoms with Crippen LogP contribution in [-0.4, -0.2) is 18.2 Å². The summed E-state index contributed by atoms with van der Waals surface area (Å²) in [5, 5.41) is 0. The van der Waals surface area contributed by atoms with Crippen LogP contribution in [0.3, 0.4) is 0 Å². The third kappa shape index (κ3) is 4.54. The fourth-order valence-corrected chi connectivity index (χ4v) is 2.10. The van der Waals surface area contributed by atoms with Crippen LogP contribution in [0.15, 0.2) is 18.2 Å². The van der Waals surface area contributed by atoms with Gasteiger partial charge in [0.1, 0.15) is 0 Å². The highest BCUT2D eigenvalue weighted by Crippen LogP contribution is 2.39. The molecule has 5 heteroatoms. The van der Waals surface area contributed by atoms with Gasteiger partial charge in [0.05, 0.1) is 18.4 Å². The van der Waals surface area contributed by atoms with Crippen LogP contribution in [-0.2, 0) is 9.53 Å². The van der Waals surface area contributed by atoms with Gasteiger partial charge < -0.3 is 4.74 Å². The average molecular weight is 288 g/mol. The molecule has 112 valence electrons. The van der Waals surface area contributed by atoms with Crippen molar-refractivity contribution in [3.05, 3.63) is 34.9 Å². The molecular formula is C15H19F3O2. The molecule has 0 aliphatic heterocycles. The quantitative estimate of drug-likeness (QED) is 0.772. The van der Waals surface area contributed by atoms with Crippen molar-refractivity contribution in [2.24, 2.45) is 0 Å². The highest BCUT2D eigenvalue weighted by molar-refractivity contribution is 5.71. The topological polar surface area (TPSA) is 26.3 Å². The SMILES string of the molecule is Cc1ccc([C@H](CC(=O)OC(C)C)C(F)(F)F)c(C)c1. The number of halogens is 3. The molecule has 1 rings (SSSR count). The second-order valence-corrected chi connectivity index (χ2v) is 5.20. The number of rotatable bonds is 4. The van der Waals surface area contributed by atoms with Crippen LogP contribution >= 0.6 is 0 Å². The maximum absolute atomic E-state index is 13.2. The van der Waals surface area contributed by atoms with Gasteiger partial charge in [0.25, 0.3) is 0 Å². The monoisotopic (exact) mass is 288 g/mol. The number of carbonyl (C=O) groups is 1. The van der Waals surface area contributed by atoms with Crippen molar-refractivity contribution >= 4 is 5.97 Å². The van der Waals surface area contributed by atoms with Crippen LogP contribution in [0.1, 0.15) is 42.9 Å². The van der Waals surface area contributed by atoms with Gasteiger partial charge in [-0.3, -0.25) is 4.79 Å². The lowest BCUT2D eigenvalue weighted by molar-refractivity contribution is -0.168. The lowest BCUT2D eigenvalue weighted by atomic mass is 9.90. The molecule has 0 N–H and O–H groups in total. The van der Waals surface area contributed by atoms with Crippen LogP contribution in [0, 0.1) is 13.8 Å². The molecule has 0 aliphatic carbocycles. The lowest BCUT2D eigenvalue weighted by Crippen LogP contribution is -2.26. The number of esters is 1. The van der Waals surface area contributed by atoms with E-state index in [2.05, 4.69) is 0 Å². The molecule has 0 saturated heterocycles. The number of aryl methyl sites for hydroxylation is 2. The molecule has 0 saturated carbocycles. The molecule has 0 unspecified atom stereocenters. The first-order valence-corrected chi connectivity index (χ1v) is 6.44. The smallest absolute Gasteiger partial charge is 0.396 e. The van der Waals surface area contributed by atoms with E-state index in [9.17, 15) is 18.0 Å². The van der Waals surface area contributed by atoms with Crippen LogP contribution in [0.25, 0.3) is 0 Å². The van der Waals surface area contributed by atoms with Gasteiger partial charge in [0, 0.05) is 0 Å². The van der Waals surface area contributed by atoms with Crippen molar-refractivity contribution in [2.75, 3.05) is 0 Å². The Morgan fingerprint density at radius 3 is 2.30 bits per heavy atom. The van der Waals surface area contributed by atoms with E-state index in [1.165, 1.54) is 6.07 Å². The maximum atomic E-state index is 13.2. The summed E-state index contributed by atoms with van der Waals surface area (Å²) in [4.78, 5) is 11.5. The molecule has 2 nitrogen and oxygen atoms in total. The molecule has 0 heterocycles. The van der Waals surface area contributed by atoms with Gasteiger partial charge in [-0.1, -0.05) is 23.8 Å². The molecule has 0 fully saturated rings. The number of carbonyl (C=O) groups excluding carboxylic acids is 1. The van der Waals surface area contributed by atoms with E-state index in [-0.39, 0.29) is 5.56 Å². The van der Waals surface area contributed by atoms with E-state index in [0.29, 0.717) is 5.56 Å². The van der Waals surface area contributed by atoms with Crippen LogP contribution in [0.5, 0.6) is 0 Å². The minimum atomic E-state index is -4.48. The molecule has 1 aromatic carbocycles. The molecule has 0 aliphatic rings. The van der Waals surface area contributed by atoms with Gasteiger partial charge in [0.15, 0.2) is 0 Å². The van der Waals surface area contributed by atoms with Crippen molar-refractivity contribution in [1.29, 1.82) is 0 Å². The zero-order chi connectivity index (χ0) is 15.5. The summed E-state index contributed by atoms with van der Waals surface area (Å²) in [6.45, 7) is 6.65. The lowest BCUT2D eigenvalue weighted by Gasteiger charge is -2.22. The Labute approximate surface area is 116 Å². The van der Waals surface area contributed by atoms with Crippen molar-refractivity contribution in [3.63, 3.8) is 0 Å². The zero-order valence-electron chi connectivity index (χ0n) is 12.0. The van der Waals surface area contributed by atoms with Gasteiger partial charge in [-0.05, 0) is 38.8 Å². The van der Waals surface area contributed by atoms with Crippen molar-refractivity contribution in [2.45, 2.75) is 52.3 Å². The van der Waals surface area contributed by atoms with Gasteiger partial charge in [0.2, 0.25) is 0 Å². The normalized spacial score (nSPS) is 13.4. The van der Waals surface area contributed by atoms with E-state index in [0.717, 1.165) is 5.56 Å². The Bertz CT molecular complexity index is 478. The highest BCUT2D eigenvalue weighted by atomic mass is 19.4. The molecule has 0 aromatic heterocycles. The van der Waals surface area contributed by atoms with Crippen molar-refractivity contribution in [3.8, 4) is 0 Å². The fraction of sp³-hybridized carbons (Fsp3) is 0.533. The molecule has 1 aromatic rings. The third-order valence-electron chi connectivity index (χ3n) is 2.93. The van der Waals surface area contributed by atoms with E-state index in [4.69, 9.17) is 4.74 Å². The number of ether oxygens (including phenoxy) is 1. The van der Waals surface area contributed by atoms with Crippen LogP contribution in [0.4, 0.5) is 13.2 Å². The van der Waals surface area contributed by atoms with Crippen LogP contribution < -0.4 is 0 Å². The van der Waals surface area contributed by atoms with Crippen molar-refractivity contribution in [1.82, 2.24) is 0 Å². The minimum Gasteiger partial charge on any atom is -0.463 e. The highest BCUT2D eigenvalue weighted by Gasteiger charge is 2.43. The Kier molecular flexibility index (Phi) is 5.20. The first-order valence-electron chi connectivity index (χ1n) is 6.44. The average Bonchev–Trinajstić information content (AvgIpc) is 2.24. The Morgan fingerprint density at radius 1 is 1.25 bits per heavy atom. The Morgan fingerprint density at radius 2 is 1.85 bits per heavy atom. The molecule has 1 atom stereocenters. The second-order valence-electron chi connectivity index (χ2n) is 5.20. The van der Waals surface area contributed by atoms with Crippen molar-refractivity contribution < 1.29 is 22.7 Å². The first kappa shape index (κ1) is 16.5. The summed E-state index contributed by atoms with van der Waals surface area (Å²) in [6, 6.07) is 4.74. The number of hydrogen-bond acceptors (Lipinski definition) is 2. The third-order valence-corrected chi connectivity index (χ3v) is 2.93. The van der Waals surface area contributed by atoms with E-state index >= 15 is 0 Å². The number of benzene rings is 1. The summed E-state index contributed by atoms with van der Waals surface area (Å²) >= 11 is 0.